The third kappa shape index (κ3) is 2.78. The van der Waals surface area contributed by atoms with Crippen LogP contribution in [0.25, 0.3) is 0 Å². The summed E-state index contributed by atoms with van der Waals surface area (Å²) in [6.07, 6.45) is 8.29. The third-order valence-electron chi connectivity index (χ3n) is 4.52. The van der Waals surface area contributed by atoms with E-state index in [1.807, 2.05) is 18.2 Å². The van der Waals surface area contributed by atoms with Crippen molar-refractivity contribution in [1.29, 1.82) is 0 Å². The second-order valence-electron chi connectivity index (χ2n) is 6.15. The molecule has 2 aliphatic rings. The Kier molecular flexibility index (Phi) is 3.67. The van der Waals surface area contributed by atoms with Gasteiger partial charge in [-0.15, -0.1) is 0 Å². The number of anilines is 2. The summed E-state index contributed by atoms with van der Waals surface area (Å²) in [5.74, 6) is 0.918. The first-order valence-corrected chi connectivity index (χ1v) is 8.27. The Morgan fingerprint density at radius 2 is 1.77 bits per heavy atom. The van der Waals surface area contributed by atoms with Gasteiger partial charge in [-0.25, -0.2) is 0 Å². The molecule has 1 heterocycles. The van der Waals surface area contributed by atoms with E-state index in [1.54, 1.807) is 0 Å². The van der Waals surface area contributed by atoms with Gasteiger partial charge >= 0.3 is 6.01 Å². The summed E-state index contributed by atoms with van der Waals surface area (Å²) in [7, 11) is 0. The number of hydrogen-bond donors (Lipinski definition) is 1. The lowest BCUT2D eigenvalue weighted by Gasteiger charge is -2.15. The Labute approximate surface area is 130 Å². The maximum Gasteiger partial charge on any atom is 0.318 e. The number of para-hydroxylation sites is 1. The second kappa shape index (κ2) is 5.95. The van der Waals surface area contributed by atoms with E-state index >= 15 is 0 Å². The Balaban J connectivity index is 1.62. The number of benzene rings is 1. The van der Waals surface area contributed by atoms with Gasteiger partial charge in [-0.2, -0.15) is 9.97 Å². The first kappa shape index (κ1) is 13.6. The molecule has 1 fully saturated rings. The van der Waals surface area contributed by atoms with Crippen molar-refractivity contribution in [1.82, 2.24) is 9.97 Å². The molecular weight excluding hydrogens is 274 g/mol. The molecule has 114 valence electrons. The molecule has 0 saturated heterocycles. The van der Waals surface area contributed by atoms with Gasteiger partial charge in [-0.05, 0) is 57.1 Å². The van der Waals surface area contributed by atoms with E-state index in [0.717, 1.165) is 49.3 Å². The monoisotopic (exact) mass is 295 g/mol. The van der Waals surface area contributed by atoms with Crippen LogP contribution in [0.15, 0.2) is 30.3 Å². The molecule has 4 rings (SSSR count). The van der Waals surface area contributed by atoms with E-state index in [1.165, 1.54) is 18.4 Å². The van der Waals surface area contributed by atoms with Crippen molar-refractivity contribution < 1.29 is 4.74 Å². The normalized spacial score (nSPS) is 17.5. The molecule has 1 aromatic heterocycles. The van der Waals surface area contributed by atoms with Crippen LogP contribution in [0.1, 0.15) is 43.4 Å². The van der Waals surface area contributed by atoms with Crippen LogP contribution in [0.5, 0.6) is 6.01 Å². The number of nitrogens with zero attached hydrogens (tertiary/aromatic N) is 2. The molecule has 0 spiro atoms. The molecule has 1 N–H and O–H groups in total. The summed E-state index contributed by atoms with van der Waals surface area (Å²) in [5.41, 5.74) is 3.46. The number of hydrogen-bond acceptors (Lipinski definition) is 4. The van der Waals surface area contributed by atoms with Crippen LogP contribution >= 0.6 is 0 Å². The summed E-state index contributed by atoms with van der Waals surface area (Å²) < 4.78 is 6.02. The van der Waals surface area contributed by atoms with E-state index < -0.39 is 0 Å². The minimum absolute atomic E-state index is 0.295. The SMILES string of the molecule is c1ccc(Nc2nc(OC3CCCC3)nc3c2CCC3)cc1. The number of nitrogens with one attached hydrogen (secondary N) is 1. The van der Waals surface area contributed by atoms with E-state index in [0.29, 0.717) is 12.1 Å². The number of aromatic nitrogens is 2. The number of aryl methyl sites for hydroxylation is 1. The Morgan fingerprint density at radius 3 is 2.59 bits per heavy atom. The number of fused-ring (bicyclic) bond motifs is 1. The first-order chi connectivity index (χ1) is 10.9. The highest BCUT2D eigenvalue weighted by atomic mass is 16.5. The minimum Gasteiger partial charge on any atom is -0.460 e. The Morgan fingerprint density at radius 1 is 0.955 bits per heavy atom. The Hall–Kier alpha value is -2.10. The van der Waals surface area contributed by atoms with Crippen molar-refractivity contribution in [3.05, 3.63) is 41.6 Å². The fraction of sp³-hybridized carbons (Fsp3) is 0.444. The van der Waals surface area contributed by atoms with Crippen LogP contribution in [-0.4, -0.2) is 16.1 Å². The van der Waals surface area contributed by atoms with Crippen LogP contribution in [0.3, 0.4) is 0 Å². The van der Waals surface area contributed by atoms with Crippen LogP contribution < -0.4 is 10.1 Å². The van der Waals surface area contributed by atoms with Crippen molar-refractivity contribution in [2.75, 3.05) is 5.32 Å². The molecule has 2 aliphatic carbocycles. The van der Waals surface area contributed by atoms with Gasteiger partial charge in [0.05, 0.1) is 5.69 Å². The molecule has 4 heteroatoms. The lowest BCUT2D eigenvalue weighted by atomic mass is 10.2. The van der Waals surface area contributed by atoms with Gasteiger partial charge in [0.2, 0.25) is 0 Å². The van der Waals surface area contributed by atoms with E-state index in [4.69, 9.17) is 4.74 Å². The average molecular weight is 295 g/mol. The highest BCUT2D eigenvalue weighted by molar-refractivity contribution is 5.61. The summed E-state index contributed by atoms with van der Waals surface area (Å²) in [5, 5.41) is 3.44. The zero-order valence-electron chi connectivity index (χ0n) is 12.7. The van der Waals surface area contributed by atoms with Gasteiger partial charge < -0.3 is 10.1 Å². The summed E-state index contributed by atoms with van der Waals surface area (Å²) >= 11 is 0. The number of ether oxygens (including phenoxy) is 1. The molecule has 0 atom stereocenters. The van der Waals surface area contributed by atoms with Gasteiger partial charge in [0.1, 0.15) is 11.9 Å². The van der Waals surface area contributed by atoms with Crippen molar-refractivity contribution in [3.8, 4) is 6.01 Å². The molecule has 4 nitrogen and oxygen atoms in total. The smallest absolute Gasteiger partial charge is 0.318 e. The van der Waals surface area contributed by atoms with Crippen molar-refractivity contribution in [2.24, 2.45) is 0 Å². The first-order valence-electron chi connectivity index (χ1n) is 8.27. The molecular formula is C18H21N3O. The van der Waals surface area contributed by atoms with Crippen molar-refractivity contribution >= 4 is 11.5 Å². The lowest BCUT2D eigenvalue weighted by Crippen LogP contribution is -2.14. The van der Waals surface area contributed by atoms with E-state index in [2.05, 4.69) is 27.4 Å². The molecule has 22 heavy (non-hydrogen) atoms. The lowest BCUT2D eigenvalue weighted by molar-refractivity contribution is 0.192. The Bertz CT molecular complexity index is 651. The minimum atomic E-state index is 0.295. The van der Waals surface area contributed by atoms with Crippen molar-refractivity contribution in [3.63, 3.8) is 0 Å². The molecule has 0 aliphatic heterocycles. The van der Waals surface area contributed by atoms with Crippen LogP contribution in [0.4, 0.5) is 11.5 Å². The standard InChI is InChI=1S/C18H21N3O/c1-2-7-13(8-3-1)19-17-15-11-6-12-16(15)20-18(21-17)22-14-9-4-5-10-14/h1-3,7-8,14H,4-6,9-12H2,(H,19,20,21). The molecule has 1 saturated carbocycles. The maximum atomic E-state index is 6.02. The van der Waals surface area contributed by atoms with Gasteiger partial charge in [0.15, 0.2) is 0 Å². The highest BCUT2D eigenvalue weighted by Crippen LogP contribution is 2.31. The van der Waals surface area contributed by atoms with Crippen LogP contribution in [0, 0.1) is 0 Å². The average Bonchev–Trinajstić information content (AvgIpc) is 3.20. The highest BCUT2D eigenvalue weighted by Gasteiger charge is 2.23. The fourth-order valence-corrected chi connectivity index (χ4v) is 3.38. The predicted molar refractivity (Wildman–Crippen MR) is 86.7 cm³/mol. The summed E-state index contributed by atoms with van der Waals surface area (Å²) in [6, 6.07) is 10.7. The fourth-order valence-electron chi connectivity index (χ4n) is 3.38. The van der Waals surface area contributed by atoms with Gasteiger partial charge in [0.25, 0.3) is 0 Å². The molecule has 2 aromatic rings. The van der Waals surface area contributed by atoms with Crippen molar-refractivity contribution in [2.45, 2.75) is 51.0 Å². The van der Waals surface area contributed by atoms with E-state index in [9.17, 15) is 0 Å². The summed E-state index contributed by atoms with van der Waals surface area (Å²) in [4.78, 5) is 9.30. The molecule has 1 aromatic carbocycles. The van der Waals surface area contributed by atoms with Crippen LogP contribution in [-0.2, 0) is 12.8 Å². The summed E-state index contributed by atoms with van der Waals surface area (Å²) in [6.45, 7) is 0. The molecule has 0 unspecified atom stereocenters. The van der Waals surface area contributed by atoms with Crippen LogP contribution in [0.2, 0.25) is 0 Å². The topological polar surface area (TPSA) is 47.0 Å². The second-order valence-corrected chi connectivity index (χ2v) is 6.15. The van der Waals surface area contributed by atoms with Gasteiger partial charge in [-0.3, -0.25) is 0 Å². The zero-order valence-corrected chi connectivity index (χ0v) is 12.7. The largest absolute Gasteiger partial charge is 0.460 e. The van der Waals surface area contributed by atoms with Gasteiger partial charge in [0, 0.05) is 11.3 Å². The molecule has 0 radical (unpaired) electrons. The molecule has 0 bridgehead atoms. The third-order valence-corrected chi connectivity index (χ3v) is 4.52. The maximum absolute atomic E-state index is 6.02. The molecule has 0 amide bonds. The zero-order chi connectivity index (χ0) is 14.8. The van der Waals surface area contributed by atoms with Gasteiger partial charge in [-0.1, -0.05) is 18.2 Å². The predicted octanol–water partition coefficient (Wildman–Crippen LogP) is 4.03. The van der Waals surface area contributed by atoms with E-state index in [-0.39, 0.29) is 0 Å². The number of rotatable bonds is 4. The quantitative estimate of drug-likeness (QED) is 0.925.